The van der Waals surface area contributed by atoms with E-state index in [1.165, 1.54) is 7.11 Å². The topological polar surface area (TPSA) is 86.1 Å². The van der Waals surface area contributed by atoms with Gasteiger partial charge in [0.2, 0.25) is 10.0 Å². The Labute approximate surface area is 159 Å². The predicted molar refractivity (Wildman–Crippen MR) is 103 cm³/mol. The summed E-state index contributed by atoms with van der Waals surface area (Å²) in [7, 11) is -2.21. The third kappa shape index (κ3) is 4.53. The third-order valence-corrected chi connectivity index (χ3v) is 5.66. The average Bonchev–Trinajstić information content (AvgIpc) is 3.17. The third-order valence-electron chi connectivity index (χ3n) is 4.18. The fourth-order valence-corrected chi connectivity index (χ4v) is 3.92. The molecule has 0 spiro atoms. The Morgan fingerprint density at radius 3 is 2.63 bits per heavy atom. The van der Waals surface area contributed by atoms with E-state index in [2.05, 4.69) is 14.8 Å². The largest absolute Gasteiger partial charge is 0.495 e. The highest BCUT2D eigenvalue weighted by molar-refractivity contribution is 7.89. The van der Waals surface area contributed by atoms with Crippen molar-refractivity contribution in [2.45, 2.75) is 24.8 Å². The number of rotatable bonds is 8. The molecule has 0 saturated heterocycles. The predicted octanol–water partition coefficient (Wildman–Crippen LogP) is 2.49. The van der Waals surface area contributed by atoms with Crippen molar-refractivity contribution in [2.24, 2.45) is 0 Å². The number of aryl methyl sites for hydroxylation is 1. The van der Waals surface area contributed by atoms with Crippen LogP contribution in [0, 0.1) is 0 Å². The number of benzene rings is 1. The Balaban J connectivity index is 1.67. The van der Waals surface area contributed by atoms with E-state index in [0.29, 0.717) is 12.3 Å². The number of pyridine rings is 1. The van der Waals surface area contributed by atoms with Crippen molar-refractivity contribution in [3.05, 3.63) is 60.6 Å². The second-order valence-electron chi connectivity index (χ2n) is 5.94. The van der Waals surface area contributed by atoms with Crippen LogP contribution in [0.25, 0.3) is 11.3 Å². The van der Waals surface area contributed by atoms with Gasteiger partial charge in [0.05, 0.1) is 19.3 Å². The summed E-state index contributed by atoms with van der Waals surface area (Å²) in [6.45, 7) is 2.61. The molecule has 2 heterocycles. The van der Waals surface area contributed by atoms with Gasteiger partial charge in [0, 0.05) is 30.7 Å². The Morgan fingerprint density at radius 2 is 1.93 bits per heavy atom. The number of ether oxygens (including phenoxy) is 1. The molecular formula is C19H22N4O3S. The minimum atomic E-state index is -3.68. The molecule has 0 atom stereocenters. The van der Waals surface area contributed by atoms with Crippen LogP contribution in [0.5, 0.6) is 5.75 Å². The lowest BCUT2D eigenvalue weighted by atomic mass is 10.2. The number of nitrogens with zero attached hydrogens (tertiary/aromatic N) is 3. The van der Waals surface area contributed by atoms with Crippen LogP contribution >= 0.6 is 0 Å². The van der Waals surface area contributed by atoms with E-state index in [1.54, 1.807) is 29.2 Å². The summed E-state index contributed by atoms with van der Waals surface area (Å²) in [5.74, 6) is 0.332. The first-order valence-corrected chi connectivity index (χ1v) is 10.1. The molecule has 0 unspecified atom stereocenters. The molecular weight excluding hydrogens is 364 g/mol. The first-order valence-electron chi connectivity index (χ1n) is 8.64. The van der Waals surface area contributed by atoms with Crippen molar-refractivity contribution >= 4 is 10.0 Å². The quantitative estimate of drug-likeness (QED) is 0.643. The second-order valence-corrected chi connectivity index (χ2v) is 7.67. The number of hydrogen-bond acceptors (Lipinski definition) is 5. The van der Waals surface area contributed by atoms with Gasteiger partial charge < -0.3 is 4.74 Å². The lowest BCUT2D eigenvalue weighted by Gasteiger charge is -2.12. The van der Waals surface area contributed by atoms with E-state index in [-0.39, 0.29) is 11.4 Å². The van der Waals surface area contributed by atoms with Gasteiger partial charge in [-0.1, -0.05) is 13.0 Å². The molecule has 3 rings (SSSR count). The zero-order chi connectivity index (χ0) is 19.3. The van der Waals surface area contributed by atoms with Crippen LogP contribution in [0.1, 0.15) is 12.5 Å². The Hall–Kier alpha value is -2.71. The minimum absolute atomic E-state index is 0.155. The Kier molecular flexibility index (Phi) is 5.88. The van der Waals surface area contributed by atoms with Gasteiger partial charge in [-0.2, -0.15) is 5.10 Å². The molecule has 0 aliphatic carbocycles. The molecule has 8 heteroatoms. The van der Waals surface area contributed by atoms with Gasteiger partial charge in [0.15, 0.2) is 0 Å². The molecule has 0 aliphatic heterocycles. The summed E-state index contributed by atoms with van der Waals surface area (Å²) < 4.78 is 34.9. The first kappa shape index (κ1) is 19.1. The minimum Gasteiger partial charge on any atom is -0.495 e. The van der Waals surface area contributed by atoms with Crippen molar-refractivity contribution in [1.82, 2.24) is 19.5 Å². The standard InChI is InChI=1S/C19H22N4O3S/c1-3-15-4-5-18(26-2)19(14-15)27(24,25)21-11-13-23-12-8-17(22-23)16-6-9-20-10-7-16/h4-10,12,14,21H,3,11,13H2,1-2H3. The number of nitrogens with one attached hydrogen (secondary N) is 1. The van der Waals surface area contributed by atoms with E-state index in [4.69, 9.17) is 4.74 Å². The fraction of sp³-hybridized carbons (Fsp3) is 0.263. The van der Waals surface area contributed by atoms with E-state index >= 15 is 0 Å². The Bertz CT molecular complexity index is 1000. The first-order chi connectivity index (χ1) is 13.0. The van der Waals surface area contributed by atoms with Crippen LogP contribution in [-0.2, 0) is 23.0 Å². The summed E-state index contributed by atoms with van der Waals surface area (Å²) in [6.07, 6.45) is 5.99. The van der Waals surface area contributed by atoms with Crippen LogP contribution in [0.3, 0.4) is 0 Å². The zero-order valence-electron chi connectivity index (χ0n) is 15.3. The highest BCUT2D eigenvalue weighted by Crippen LogP contribution is 2.25. The smallest absolute Gasteiger partial charge is 0.244 e. The Morgan fingerprint density at radius 1 is 1.15 bits per heavy atom. The molecule has 0 aliphatic rings. The summed E-state index contributed by atoms with van der Waals surface area (Å²) in [5.41, 5.74) is 2.72. The molecule has 0 saturated carbocycles. The number of hydrogen-bond donors (Lipinski definition) is 1. The normalized spacial score (nSPS) is 11.5. The average molecular weight is 386 g/mol. The number of sulfonamides is 1. The summed E-state index contributed by atoms with van der Waals surface area (Å²) in [6, 6.07) is 10.8. The molecule has 1 N–H and O–H groups in total. The molecule has 7 nitrogen and oxygen atoms in total. The maximum atomic E-state index is 12.7. The lowest BCUT2D eigenvalue weighted by molar-refractivity contribution is 0.402. The van der Waals surface area contributed by atoms with Gasteiger partial charge in [-0.25, -0.2) is 13.1 Å². The number of aromatic nitrogens is 3. The molecule has 0 radical (unpaired) electrons. The maximum Gasteiger partial charge on any atom is 0.244 e. The van der Waals surface area contributed by atoms with Gasteiger partial charge in [0.1, 0.15) is 10.6 Å². The van der Waals surface area contributed by atoms with Gasteiger partial charge in [0.25, 0.3) is 0 Å². The van der Waals surface area contributed by atoms with Crippen molar-refractivity contribution < 1.29 is 13.2 Å². The highest BCUT2D eigenvalue weighted by atomic mass is 32.2. The summed E-state index contributed by atoms with van der Waals surface area (Å²) in [5, 5.41) is 4.46. The van der Waals surface area contributed by atoms with Gasteiger partial charge in [-0.3, -0.25) is 9.67 Å². The molecule has 0 amide bonds. The van der Waals surface area contributed by atoms with Crippen molar-refractivity contribution in [3.63, 3.8) is 0 Å². The molecule has 1 aromatic carbocycles. The van der Waals surface area contributed by atoms with Crippen LogP contribution in [0.15, 0.2) is 59.9 Å². The molecule has 142 valence electrons. The molecule has 0 bridgehead atoms. The summed E-state index contributed by atoms with van der Waals surface area (Å²) >= 11 is 0. The second kappa shape index (κ2) is 8.32. The van der Waals surface area contributed by atoms with Crippen LogP contribution in [0.2, 0.25) is 0 Å². The zero-order valence-corrected chi connectivity index (χ0v) is 16.1. The SMILES string of the molecule is CCc1ccc(OC)c(S(=O)(=O)NCCn2ccc(-c3ccncc3)n2)c1. The fourth-order valence-electron chi connectivity index (χ4n) is 2.69. The summed E-state index contributed by atoms with van der Waals surface area (Å²) in [4.78, 5) is 4.14. The van der Waals surface area contributed by atoms with Crippen molar-refractivity contribution in [2.75, 3.05) is 13.7 Å². The van der Waals surface area contributed by atoms with E-state index in [1.807, 2.05) is 37.4 Å². The molecule has 0 fully saturated rings. The van der Waals surface area contributed by atoms with Gasteiger partial charge in [-0.15, -0.1) is 0 Å². The monoisotopic (exact) mass is 386 g/mol. The molecule has 2 aromatic heterocycles. The molecule has 3 aromatic rings. The van der Waals surface area contributed by atoms with E-state index in [9.17, 15) is 8.42 Å². The van der Waals surface area contributed by atoms with Crippen molar-refractivity contribution in [1.29, 1.82) is 0 Å². The van der Waals surface area contributed by atoms with Gasteiger partial charge >= 0.3 is 0 Å². The highest BCUT2D eigenvalue weighted by Gasteiger charge is 2.19. The van der Waals surface area contributed by atoms with E-state index in [0.717, 1.165) is 23.2 Å². The number of methoxy groups -OCH3 is 1. The van der Waals surface area contributed by atoms with Crippen LogP contribution in [0.4, 0.5) is 0 Å². The maximum absolute atomic E-state index is 12.7. The van der Waals surface area contributed by atoms with E-state index < -0.39 is 10.0 Å². The van der Waals surface area contributed by atoms with Crippen LogP contribution in [-0.4, -0.2) is 36.8 Å². The van der Waals surface area contributed by atoms with Crippen LogP contribution < -0.4 is 9.46 Å². The van der Waals surface area contributed by atoms with Gasteiger partial charge in [-0.05, 0) is 42.3 Å². The van der Waals surface area contributed by atoms with Crippen molar-refractivity contribution in [3.8, 4) is 17.0 Å². The molecule has 27 heavy (non-hydrogen) atoms. The lowest BCUT2D eigenvalue weighted by Crippen LogP contribution is -2.28.